The first kappa shape index (κ1) is 32.7. The molecule has 2 aromatic carbocycles. The molecule has 0 saturated carbocycles. The molecule has 4 aliphatic rings. The standard InChI is InChI=1S/C33H35F7N6O2/c1-3-17-10-21-27(28(48-30(36)37)23(17)24-25(33(38,39)40)16(2)9-22(41)26(24)35)43-31(44-29(21)45-13-19-5-6-20(14-45)42-19)47-15-32-7-4-8-46(32)12-18(34)11-32/h3,9-10,18-20,30,42H,1,4-8,11-15,41H2,2H3. The van der Waals surface area contributed by atoms with Gasteiger partial charge in [0, 0.05) is 54.7 Å². The molecule has 0 aliphatic carbocycles. The maximum Gasteiger partial charge on any atom is 0.417 e. The van der Waals surface area contributed by atoms with Crippen LogP contribution >= 0.6 is 0 Å². The SMILES string of the molecule is C=Cc1cc2c(N3CC4CCC(C3)N4)nc(OCC34CCCN3CC(F)C4)nc2c(OC(F)F)c1-c1c(F)c(N)cc(C)c1C(F)(F)F. The fourth-order valence-corrected chi connectivity index (χ4v) is 8.19. The maximum absolute atomic E-state index is 15.9. The van der Waals surface area contributed by atoms with Crippen LogP contribution in [0.2, 0.25) is 0 Å². The highest BCUT2D eigenvalue weighted by molar-refractivity contribution is 6.03. The topological polar surface area (TPSA) is 88.8 Å². The minimum Gasteiger partial charge on any atom is -0.461 e. The van der Waals surface area contributed by atoms with Gasteiger partial charge in [0.05, 0.1) is 16.8 Å². The molecule has 4 unspecified atom stereocenters. The molecule has 0 radical (unpaired) electrons. The van der Waals surface area contributed by atoms with Crippen LogP contribution in [-0.4, -0.2) is 78.1 Å². The van der Waals surface area contributed by atoms with E-state index in [0.29, 0.717) is 26.1 Å². The number of fused-ring (bicyclic) bond motifs is 4. The highest BCUT2D eigenvalue weighted by Crippen LogP contribution is 2.50. The van der Waals surface area contributed by atoms with Crippen molar-refractivity contribution in [3.05, 3.63) is 41.2 Å². The smallest absolute Gasteiger partial charge is 0.417 e. The van der Waals surface area contributed by atoms with Gasteiger partial charge in [0.1, 0.15) is 24.1 Å². The number of piperazine rings is 1. The van der Waals surface area contributed by atoms with E-state index >= 15 is 4.39 Å². The number of anilines is 2. The van der Waals surface area contributed by atoms with Crippen molar-refractivity contribution in [1.29, 1.82) is 0 Å². The third-order valence-electron chi connectivity index (χ3n) is 10.1. The van der Waals surface area contributed by atoms with Crippen LogP contribution in [0.1, 0.15) is 48.8 Å². The Morgan fingerprint density at radius 3 is 2.54 bits per heavy atom. The highest BCUT2D eigenvalue weighted by atomic mass is 19.4. The van der Waals surface area contributed by atoms with E-state index in [9.17, 15) is 26.3 Å². The fraction of sp³-hybridized carbons (Fsp3) is 0.515. The van der Waals surface area contributed by atoms with Gasteiger partial charge < -0.3 is 25.4 Å². The number of hydrogen-bond acceptors (Lipinski definition) is 8. The van der Waals surface area contributed by atoms with Crippen LogP contribution < -0.4 is 25.4 Å². The number of alkyl halides is 6. The summed E-state index contributed by atoms with van der Waals surface area (Å²) in [5.74, 6) is -1.97. The monoisotopic (exact) mass is 680 g/mol. The zero-order valence-corrected chi connectivity index (χ0v) is 26.1. The Kier molecular flexibility index (Phi) is 8.13. The first-order chi connectivity index (χ1) is 22.8. The lowest BCUT2D eigenvalue weighted by Gasteiger charge is -2.35. The Morgan fingerprint density at radius 2 is 1.88 bits per heavy atom. The van der Waals surface area contributed by atoms with E-state index in [1.807, 2.05) is 9.80 Å². The summed E-state index contributed by atoms with van der Waals surface area (Å²) in [6, 6.07) is 2.24. The number of ether oxygens (including phenoxy) is 2. The second kappa shape index (κ2) is 11.9. The molecule has 48 heavy (non-hydrogen) atoms. The molecule has 5 heterocycles. The van der Waals surface area contributed by atoms with Gasteiger partial charge in [-0.15, -0.1) is 0 Å². The van der Waals surface area contributed by atoms with Crippen molar-refractivity contribution in [2.24, 2.45) is 0 Å². The van der Waals surface area contributed by atoms with E-state index < -0.39 is 64.0 Å². The van der Waals surface area contributed by atoms with Crippen molar-refractivity contribution in [1.82, 2.24) is 20.2 Å². The molecule has 4 saturated heterocycles. The summed E-state index contributed by atoms with van der Waals surface area (Å²) in [6.45, 7) is 3.26. The van der Waals surface area contributed by atoms with E-state index in [1.165, 1.54) is 6.07 Å². The fourth-order valence-electron chi connectivity index (χ4n) is 8.19. The number of rotatable bonds is 8. The Morgan fingerprint density at radius 1 is 1.15 bits per heavy atom. The van der Waals surface area contributed by atoms with Crippen LogP contribution in [-0.2, 0) is 6.18 Å². The second-order valence-corrected chi connectivity index (χ2v) is 13.2. The molecule has 2 bridgehead atoms. The summed E-state index contributed by atoms with van der Waals surface area (Å²) in [5, 5.41) is 3.69. The van der Waals surface area contributed by atoms with Gasteiger partial charge in [-0.1, -0.05) is 12.7 Å². The van der Waals surface area contributed by atoms with E-state index in [4.69, 9.17) is 20.2 Å². The van der Waals surface area contributed by atoms with Gasteiger partial charge in [0.15, 0.2) is 11.6 Å². The van der Waals surface area contributed by atoms with Gasteiger partial charge in [0.25, 0.3) is 0 Å². The number of aryl methyl sites for hydroxylation is 1. The Hall–Kier alpha value is -3.85. The van der Waals surface area contributed by atoms with Gasteiger partial charge in [-0.3, -0.25) is 4.90 Å². The number of halogens is 7. The number of aromatic nitrogens is 2. The normalized spacial score (nSPS) is 25.7. The molecule has 4 aliphatic heterocycles. The molecule has 4 atom stereocenters. The summed E-state index contributed by atoms with van der Waals surface area (Å²) in [4.78, 5) is 13.1. The predicted octanol–water partition coefficient (Wildman–Crippen LogP) is 6.49. The van der Waals surface area contributed by atoms with Crippen LogP contribution in [0.15, 0.2) is 18.7 Å². The zero-order chi connectivity index (χ0) is 34.1. The quantitative estimate of drug-likeness (QED) is 0.207. The van der Waals surface area contributed by atoms with E-state index in [-0.39, 0.29) is 60.0 Å². The van der Waals surface area contributed by atoms with Crippen molar-refractivity contribution in [3.8, 4) is 22.9 Å². The lowest BCUT2D eigenvalue weighted by Crippen LogP contribution is -2.51. The zero-order valence-electron chi connectivity index (χ0n) is 26.1. The van der Waals surface area contributed by atoms with E-state index in [1.54, 1.807) is 0 Å². The van der Waals surface area contributed by atoms with Gasteiger partial charge >= 0.3 is 18.8 Å². The minimum atomic E-state index is -5.10. The lowest BCUT2D eigenvalue weighted by molar-refractivity contribution is -0.137. The van der Waals surface area contributed by atoms with Gasteiger partial charge in [-0.05, 0) is 62.4 Å². The molecule has 4 fully saturated rings. The van der Waals surface area contributed by atoms with Crippen LogP contribution in [0.5, 0.6) is 11.8 Å². The van der Waals surface area contributed by atoms with E-state index in [2.05, 4.69) is 16.9 Å². The molecular formula is C33H35F7N6O2. The Bertz CT molecular complexity index is 1760. The van der Waals surface area contributed by atoms with Crippen molar-refractivity contribution < 1.29 is 40.2 Å². The summed E-state index contributed by atoms with van der Waals surface area (Å²) in [7, 11) is 0. The van der Waals surface area contributed by atoms with Gasteiger partial charge in [0.2, 0.25) is 0 Å². The Balaban J connectivity index is 1.48. The molecule has 258 valence electrons. The molecule has 15 heteroatoms. The average Bonchev–Trinajstić information content (AvgIpc) is 3.66. The summed E-state index contributed by atoms with van der Waals surface area (Å²) < 4.78 is 114. The number of nitrogens with one attached hydrogen (secondary N) is 1. The summed E-state index contributed by atoms with van der Waals surface area (Å²) >= 11 is 0. The number of nitrogen functional groups attached to an aromatic ring is 1. The summed E-state index contributed by atoms with van der Waals surface area (Å²) in [6.07, 6.45) is -1.41. The van der Waals surface area contributed by atoms with Crippen LogP contribution in [0.25, 0.3) is 28.1 Å². The lowest BCUT2D eigenvalue weighted by atomic mass is 9.89. The maximum atomic E-state index is 15.9. The van der Waals surface area contributed by atoms with Crippen molar-refractivity contribution >= 4 is 28.5 Å². The van der Waals surface area contributed by atoms with Crippen LogP contribution in [0, 0.1) is 12.7 Å². The van der Waals surface area contributed by atoms with E-state index in [0.717, 1.165) is 38.3 Å². The molecule has 0 spiro atoms. The highest BCUT2D eigenvalue weighted by Gasteiger charge is 2.49. The van der Waals surface area contributed by atoms with Crippen LogP contribution in [0.3, 0.4) is 0 Å². The summed E-state index contributed by atoms with van der Waals surface area (Å²) in [5.41, 5.74) is 0.666. The number of nitrogens with zero attached hydrogens (tertiary/aromatic N) is 4. The van der Waals surface area contributed by atoms with Gasteiger partial charge in [-0.2, -0.15) is 31.9 Å². The number of benzene rings is 2. The van der Waals surface area contributed by atoms with Crippen molar-refractivity contribution in [3.63, 3.8) is 0 Å². The molecule has 1 aromatic heterocycles. The minimum absolute atomic E-state index is 0.00900. The molecule has 8 nitrogen and oxygen atoms in total. The number of hydrogen-bond donors (Lipinski definition) is 2. The predicted molar refractivity (Wildman–Crippen MR) is 167 cm³/mol. The Labute approximate surface area is 272 Å². The molecule has 0 amide bonds. The first-order valence-corrected chi connectivity index (χ1v) is 15.9. The largest absolute Gasteiger partial charge is 0.461 e. The number of nitrogens with two attached hydrogens (primary N) is 1. The molecule has 3 aromatic rings. The van der Waals surface area contributed by atoms with Crippen LogP contribution in [0.4, 0.5) is 42.2 Å². The third kappa shape index (κ3) is 5.57. The average molecular weight is 681 g/mol. The first-order valence-electron chi connectivity index (χ1n) is 15.9. The van der Waals surface area contributed by atoms with Gasteiger partial charge in [-0.25, -0.2) is 8.78 Å². The van der Waals surface area contributed by atoms with Crippen molar-refractivity contribution in [2.45, 2.75) is 75.6 Å². The van der Waals surface area contributed by atoms with Crippen molar-refractivity contribution in [2.75, 3.05) is 43.4 Å². The molecule has 3 N–H and O–H groups in total. The molecule has 7 rings (SSSR count). The second-order valence-electron chi connectivity index (χ2n) is 13.2. The molecular weight excluding hydrogens is 645 g/mol. The third-order valence-corrected chi connectivity index (χ3v) is 10.1.